The summed E-state index contributed by atoms with van der Waals surface area (Å²) >= 11 is 0. The standard InChI is InChI=1S/C5H7N3O7/c9-4(3-6(10)11)1-2-5(7(12)13)8(14)15/h5H,1-3H2. The molecule has 15 heavy (non-hydrogen) atoms. The Morgan fingerprint density at radius 1 is 1.07 bits per heavy atom. The van der Waals surface area contributed by atoms with Crippen molar-refractivity contribution in [3.8, 4) is 0 Å². The summed E-state index contributed by atoms with van der Waals surface area (Å²) in [6.07, 6.45) is -3.26. The third-order valence-electron chi connectivity index (χ3n) is 1.47. The Bertz CT molecular complexity index is 287. The fourth-order valence-electron chi connectivity index (χ4n) is 0.801. The van der Waals surface area contributed by atoms with Gasteiger partial charge in [0.2, 0.25) is 5.78 Å². The van der Waals surface area contributed by atoms with Crippen molar-refractivity contribution in [3.63, 3.8) is 0 Å². The first-order valence-corrected chi connectivity index (χ1v) is 3.75. The van der Waals surface area contributed by atoms with E-state index in [-0.39, 0.29) is 0 Å². The van der Waals surface area contributed by atoms with Gasteiger partial charge in [0.05, 0.1) is 16.3 Å². The summed E-state index contributed by atoms with van der Waals surface area (Å²) in [5.41, 5.74) is 0. The molecule has 0 aliphatic rings. The molecule has 84 valence electrons. The molecule has 0 aromatic carbocycles. The summed E-state index contributed by atoms with van der Waals surface area (Å²) in [4.78, 5) is 37.6. The highest BCUT2D eigenvalue weighted by atomic mass is 16.7. The molecule has 0 saturated carbocycles. The van der Waals surface area contributed by atoms with Crippen LogP contribution in [0.25, 0.3) is 0 Å². The second-order valence-electron chi connectivity index (χ2n) is 2.62. The predicted molar refractivity (Wildman–Crippen MR) is 43.9 cm³/mol. The van der Waals surface area contributed by atoms with Gasteiger partial charge in [0.15, 0.2) is 0 Å². The number of hydrogen-bond acceptors (Lipinski definition) is 7. The molecule has 0 rings (SSSR count). The summed E-state index contributed by atoms with van der Waals surface area (Å²) in [5.74, 6) is -0.867. The Morgan fingerprint density at radius 2 is 1.53 bits per heavy atom. The van der Waals surface area contributed by atoms with Crippen LogP contribution in [0.1, 0.15) is 12.8 Å². The summed E-state index contributed by atoms with van der Waals surface area (Å²) in [6.45, 7) is -0.970. The lowest BCUT2D eigenvalue weighted by molar-refractivity contribution is -0.742. The maximum absolute atomic E-state index is 10.7. The van der Waals surface area contributed by atoms with Crippen LogP contribution in [0.4, 0.5) is 0 Å². The maximum Gasteiger partial charge on any atom is 0.451 e. The van der Waals surface area contributed by atoms with E-state index >= 15 is 0 Å². The van der Waals surface area contributed by atoms with Gasteiger partial charge in [-0.1, -0.05) is 0 Å². The molecular weight excluding hydrogens is 214 g/mol. The minimum atomic E-state index is -2.08. The summed E-state index contributed by atoms with van der Waals surface area (Å²) in [6, 6.07) is 0. The fraction of sp³-hybridized carbons (Fsp3) is 0.800. The average molecular weight is 221 g/mol. The van der Waals surface area contributed by atoms with E-state index in [9.17, 15) is 35.1 Å². The van der Waals surface area contributed by atoms with Crippen molar-refractivity contribution in [2.24, 2.45) is 0 Å². The van der Waals surface area contributed by atoms with Crippen LogP contribution in [0.3, 0.4) is 0 Å². The van der Waals surface area contributed by atoms with Crippen LogP contribution < -0.4 is 0 Å². The van der Waals surface area contributed by atoms with Crippen LogP contribution in [-0.4, -0.2) is 33.3 Å². The van der Waals surface area contributed by atoms with Gasteiger partial charge in [-0.05, 0) is 0 Å². The number of ketones is 1. The minimum absolute atomic E-state index is 0.548. The first-order chi connectivity index (χ1) is 6.84. The quantitative estimate of drug-likeness (QED) is 0.319. The summed E-state index contributed by atoms with van der Waals surface area (Å²) in [5, 5.41) is 30.0. The van der Waals surface area contributed by atoms with Crippen LogP contribution in [-0.2, 0) is 4.79 Å². The van der Waals surface area contributed by atoms with Crippen molar-refractivity contribution in [1.29, 1.82) is 0 Å². The molecule has 0 spiro atoms. The van der Waals surface area contributed by atoms with Crippen LogP contribution in [0.2, 0.25) is 0 Å². The van der Waals surface area contributed by atoms with Gasteiger partial charge in [-0.15, -0.1) is 0 Å². The molecular formula is C5H7N3O7. The van der Waals surface area contributed by atoms with E-state index in [0.29, 0.717) is 0 Å². The van der Waals surface area contributed by atoms with Crippen LogP contribution in [0, 0.1) is 30.3 Å². The highest BCUT2D eigenvalue weighted by Gasteiger charge is 2.32. The fourth-order valence-corrected chi connectivity index (χ4v) is 0.801. The van der Waals surface area contributed by atoms with Crippen LogP contribution in [0.5, 0.6) is 0 Å². The molecule has 0 amide bonds. The lowest BCUT2D eigenvalue weighted by Crippen LogP contribution is -2.30. The zero-order chi connectivity index (χ0) is 12.0. The molecule has 0 saturated heterocycles. The van der Waals surface area contributed by atoms with E-state index in [1.54, 1.807) is 0 Å². The molecule has 0 radical (unpaired) electrons. The predicted octanol–water partition coefficient (Wildman–Crippen LogP) is -0.508. The number of carbonyl (C=O) groups excluding carboxylic acids is 1. The molecule has 0 unspecified atom stereocenters. The molecule has 0 aromatic rings. The molecule has 0 heterocycles. The number of carbonyl (C=O) groups is 1. The lowest BCUT2D eigenvalue weighted by Gasteiger charge is -1.99. The molecule has 0 fully saturated rings. The molecule has 10 nitrogen and oxygen atoms in total. The Kier molecular flexibility index (Phi) is 4.78. The van der Waals surface area contributed by atoms with Gasteiger partial charge in [-0.2, -0.15) is 0 Å². The van der Waals surface area contributed by atoms with Gasteiger partial charge in [-0.3, -0.25) is 35.1 Å². The van der Waals surface area contributed by atoms with Crippen molar-refractivity contribution >= 4 is 5.78 Å². The second kappa shape index (κ2) is 5.57. The monoisotopic (exact) mass is 221 g/mol. The largest absolute Gasteiger partial charge is 0.451 e. The van der Waals surface area contributed by atoms with Crippen molar-refractivity contribution < 1.29 is 19.6 Å². The summed E-state index contributed by atoms with van der Waals surface area (Å²) < 4.78 is 0. The molecule has 0 bridgehead atoms. The van der Waals surface area contributed by atoms with Gasteiger partial charge in [0, 0.05) is 11.3 Å². The second-order valence-corrected chi connectivity index (χ2v) is 2.62. The van der Waals surface area contributed by atoms with E-state index in [4.69, 9.17) is 0 Å². The molecule has 0 aliphatic carbocycles. The van der Waals surface area contributed by atoms with Crippen molar-refractivity contribution in [1.82, 2.24) is 0 Å². The average Bonchev–Trinajstić information content (AvgIpc) is 2.00. The highest BCUT2D eigenvalue weighted by Crippen LogP contribution is 2.03. The minimum Gasteiger partial charge on any atom is -0.292 e. The first-order valence-electron chi connectivity index (χ1n) is 3.75. The van der Waals surface area contributed by atoms with Gasteiger partial charge in [0.25, 0.3) is 6.54 Å². The van der Waals surface area contributed by atoms with Gasteiger partial charge in [-0.25, -0.2) is 0 Å². The van der Waals surface area contributed by atoms with E-state index in [2.05, 4.69) is 0 Å². The zero-order valence-corrected chi connectivity index (χ0v) is 7.40. The Morgan fingerprint density at radius 3 is 1.87 bits per heavy atom. The first kappa shape index (κ1) is 12.9. The Hall–Kier alpha value is -2.13. The van der Waals surface area contributed by atoms with E-state index in [0.717, 1.165) is 0 Å². The number of Topliss-reactive ketones (excluding diaryl/α,β-unsaturated/α-hetero) is 1. The van der Waals surface area contributed by atoms with E-state index in [1.165, 1.54) is 0 Å². The lowest BCUT2D eigenvalue weighted by atomic mass is 10.2. The van der Waals surface area contributed by atoms with Crippen LogP contribution >= 0.6 is 0 Å². The van der Waals surface area contributed by atoms with E-state index < -0.39 is 46.1 Å². The Labute approximate surface area is 82.3 Å². The van der Waals surface area contributed by atoms with Crippen molar-refractivity contribution in [2.45, 2.75) is 19.0 Å². The smallest absolute Gasteiger partial charge is 0.292 e. The zero-order valence-electron chi connectivity index (χ0n) is 7.40. The Balaban J connectivity index is 4.11. The highest BCUT2D eigenvalue weighted by molar-refractivity contribution is 5.79. The molecule has 0 N–H and O–H groups in total. The van der Waals surface area contributed by atoms with Crippen molar-refractivity contribution in [3.05, 3.63) is 30.3 Å². The molecule has 10 heteroatoms. The number of nitro groups is 3. The topological polar surface area (TPSA) is 146 Å². The molecule has 0 aliphatic heterocycles. The normalized spacial score (nSPS) is 9.93. The number of hydrogen-bond donors (Lipinski definition) is 0. The summed E-state index contributed by atoms with van der Waals surface area (Å²) in [7, 11) is 0. The van der Waals surface area contributed by atoms with Crippen LogP contribution in [0.15, 0.2) is 0 Å². The van der Waals surface area contributed by atoms with Gasteiger partial charge in [0.1, 0.15) is 0 Å². The molecule has 0 aromatic heterocycles. The number of rotatable bonds is 7. The molecule has 0 atom stereocenters. The third kappa shape index (κ3) is 5.23. The maximum atomic E-state index is 10.7. The van der Waals surface area contributed by atoms with E-state index in [1.807, 2.05) is 0 Å². The van der Waals surface area contributed by atoms with Gasteiger partial charge >= 0.3 is 6.17 Å². The number of nitrogens with zero attached hydrogens (tertiary/aromatic N) is 3. The SMILES string of the molecule is O=C(CCC([N+](=O)[O-])[N+](=O)[O-])C[N+](=O)[O-]. The third-order valence-corrected chi connectivity index (χ3v) is 1.47. The van der Waals surface area contributed by atoms with Crippen molar-refractivity contribution in [2.75, 3.05) is 6.54 Å². The van der Waals surface area contributed by atoms with Gasteiger partial charge < -0.3 is 0 Å².